The van der Waals surface area contributed by atoms with E-state index in [2.05, 4.69) is 10.4 Å². The highest BCUT2D eigenvalue weighted by Gasteiger charge is 2.15. The molecular weight excluding hydrogens is 222 g/mol. The van der Waals surface area contributed by atoms with Gasteiger partial charge in [0.25, 0.3) is 0 Å². The summed E-state index contributed by atoms with van der Waals surface area (Å²) in [6.45, 7) is 0.924. The van der Waals surface area contributed by atoms with E-state index in [1.54, 1.807) is 6.20 Å². The van der Waals surface area contributed by atoms with Crippen molar-refractivity contribution in [3.8, 4) is 0 Å². The Morgan fingerprint density at radius 1 is 1.62 bits per heavy atom. The third-order valence-electron chi connectivity index (χ3n) is 2.61. The second-order valence-corrected chi connectivity index (χ2v) is 4.84. The van der Waals surface area contributed by atoms with Gasteiger partial charge in [-0.05, 0) is 18.9 Å². The first-order chi connectivity index (χ1) is 7.90. The Labute approximate surface area is 99.9 Å². The largest absolute Gasteiger partial charge is 0.377 e. The van der Waals surface area contributed by atoms with Crippen LogP contribution in [0.5, 0.6) is 0 Å². The molecule has 1 aliphatic rings. The minimum absolute atomic E-state index is 0.441. The molecule has 0 aromatic carbocycles. The van der Waals surface area contributed by atoms with E-state index in [1.165, 1.54) is 12.8 Å². The highest BCUT2D eigenvalue weighted by Crippen LogP contribution is 2.22. The molecule has 2 heterocycles. The molecule has 2 rings (SSSR count). The first-order valence-corrected chi connectivity index (χ1v) is 6.65. The summed E-state index contributed by atoms with van der Waals surface area (Å²) in [4.78, 5) is 4.17. The van der Waals surface area contributed by atoms with Gasteiger partial charge in [0.1, 0.15) is 5.82 Å². The molecular formula is C11H17N3OS. The van der Waals surface area contributed by atoms with Gasteiger partial charge >= 0.3 is 0 Å². The number of nitrogens with zero attached hydrogens (tertiary/aromatic N) is 1. The van der Waals surface area contributed by atoms with E-state index in [9.17, 15) is 0 Å². The van der Waals surface area contributed by atoms with Crippen molar-refractivity contribution in [2.75, 3.05) is 17.8 Å². The van der Waals surface area contributed by atoms with Crippen molar-refractivity contribution in [2.45, 2.75) is 24.7 Å². The van der Waals surface area contributed by atoms with Crippen LogP contribution in [0.25, 0.3) is 0 Å². The number of nitrogens with one attached hydrogen (secondary N) is 1. The van der Waals surface area contributed by atoms with Crippen LogP contribution in [0.2, 0.25) is 0 Å². The van der Waals surface area contributed by atoms with E-state index in [4.69, 9.17) is 10.6 Å². The topological polar surface area (TPSA) is 60.2 Å². The summed E-state index contributed by atoms with van der Waals surface area (Å²) in [7, 11) is 0. The van der Waals surface area contributed by atoms with Crippen LogP contribution < -0.4 is 11.3 Å². The maximum Gasteiger partial charge on any atom is 0.143 e. The fourth-order valence-electron chi connectivity index (χ4n) is 1.76. The number of hydrogen-bond acceptors (Lipinski definition) is 5. The number of nitrogen functional groups attached to an aromatic ring is 1. The Morgan fingerprint density at radius 3 is 3.31 bits per heavy atom. The van der Waals surface area contributed by atoms with Crippen LogP contribution in [0.15, 0.2) is 18.3 Å². The Kier molecular flexibility index (Phi) is 4.44. The quantitative estimate of drug-likeness (QED) is 0.606. The summed E-state index contributed by atoms with van der Waals surface area (Å²) in [5.74, 6) is 8.14. The van der Waals surface area contributed by atoms with Crippen LogP contribution in [0.4, 0.5) is 5.82 Å². The van der Waals surface area contributed by atoms with Crippen molar-refractivity contribution < 1.29 is 4.74 Å². The molecule has 5 heteroatoms. The molecule has 1 aromatic heterocycles. The summed E-state index contributed by atoms with van der Waals surface area (Å²) in [5, 5.41) is 0. The van der Waals surface area contributed by atoms with Gasteiger partial charge in [0.05, 0.1) is 6.10 Å². The zero-order valence-corrected chi connectivity index (χ0v) is 10.0. The second kappa shape index (κ2) is 6.08. The van der Waals surface area contributed by atoms with Crippen LogP contribution in [-0.4, -0.2) is 23.4 Å². The Morgan fingerprint density at radius 2 is 2.56 bits per heavy atom. The molecule has 4 nitrogen and oxygen atoms in total. The molecule has 1 fully saturated rings. The Hall–Kier alpha value is -0.780. The lowest BCUT2D eigenvalue weighted by Gasteiger charge is -2.10. The summed E-state index contributed by atoms with van der Waals surface area (Å²) in [5.41, 5.74) is 3.76. The van der Waals surface area contributed by atoms with E-state index >= 15 is 0 Å². The number of nitrogens with two attached hydrogens (primary N) is 1. The van der Waals surface area contributed by atoms with Crippen LogP contribution in [0, 0.1) is 0 Å². The summed E-state index contributed by atoms with van der Waals surface area (Å²) in [6, 6.07) is 3.98. The maximum absolute atomic E-state index is 5.57. The van der Waals surface area contributed by atoms with Crippen LogP contribution in [0.3, 0.4) is 0 Å². The lowest BCUT2D eigenvalue weighted by molar-refractivity contribution is 0.129. The average molecular weight is 239 g/mol. The average Bonchev–Trinajstić information content (AvgIpc) is 2.83. The monoisotopic (exact) mass is 239 g/mol. The van der Waals surface area contributed by atoms with Gasteiger partial charge < -0.3 is 10.2 Å². The molecule has 1 saturated heterocycles. The second-order valence-electron chi connectivity index (χ2n) is 3.81. The maximum atomic E-state index is 5.57. The van der Waals surface area contributed by atoms with E-state index < -0.39 is 0 Å². The molecule has 1 aromatic rings. The molecule has 0 spiro atoms. The number of hydrogen-bond donors (Lipinski definition) is 2. The minimum atomic E-state index is 0.441. The number of pyridine rings is 1. The zero-order chi connectivity index (χ0) is 11.2. The number of hydrazine groups is 1. The number of anilines is 1. The molecule has 3 N–H and O–H groups in total. The molecule has 0 radical (unpaired) electrons. The third kappa shape index (κ3) is 3.10. The molecule has 0 aliphatic carbocycles. The van der Waals surface area contributed by atoms with Crippen molar-refractivity contribution >= 4 is 17.6 Å². The van der Waals surface area contributed by atoms with Gasteiger partial charge in [-0.3, -0.25) is 0 Å². The minimum Gasteiger partial charge on any atom is -0.377 e. The number of ether oxygens (including phenoxy) is 1. The van der Waals surface area contributed by atoms with Crippen molar-refractivity contribution in [3.63, 3.8) is 0 Å². The van der Waals surface area contributed by atoms with E-state index in [1.807, 2.05) is 23.9 Å². The van der Waals surface area contributed by atoms with E-state index in [0.717, 1.165) is 29.5 Å². The van der Waals surface area contributed by atoms with Crippen molar-refractivity contribution in [3.05, 3.63) is 23.9 Å². The Balaban J connectivity index is 1.79. The smallest absolute Gasteiger partial charge is 0.143 e. The fourth-order valence-corrected chi connectivity index (χ4v) is 2.86. The number of rotatable bonds is 5. The van der Waals surface area contributed by atoms with Gasteiger partial charge in [0.2, 0.25) is 0 Å². The lowest BCUT2D eigenvalue weighted by atomic mass is 10.3. The molecule has 1 atom stereocenters. The first kappa shape index (κ1) is 11.7. The number of aromatic nitrogens is 1. The molecule has 0 amide bonds. The van der Waals surface area contributed by atoms with Gasteiger partial charge in [-0.1, -0.05) is 6.07 Å². The zero-order valence-electron chi connectivity index (χ0n) is 9.19. The third-order valence-corrected chi connectivity index (χ3v) is 3.74. The number of thioether (sulfide) groups is 1. The highest BCUT2D eigenvalue weighted by molar-refractivity contribution is 7.98. The molecule has 0 saturated carbocycles. The van der Waals surface area contributed by atoms with E-state index in [-0.39, 0.29) is 0 Å². The van der Waals surface area contributed by atoms with Crippen molar-refractivity contribution in [1.29, 1.82) is 0 Å². The predicted molar refractivity (Wildman–Crippen MR) is 67.2 cm³/mol. The summed E-state index contributed by atoms with van der Waals surface area (Å²) >= 11 is 1.87. The van der Waals surface area contributed by atoms with Crippen LogP contribution in [0.1, 0.15) is 18.4 Å². The van der Waals surface area contributed by atoms with E-state index in [0.29, 0.717) is 6.10 Å². The van der Waals surface area contributed by atoms with Gasteiger partial charge in [0, 0.05) is 29.9 Å². The highest BCUT2D eigenvalue weighted by atomic mass is 32.2. The van der Waals surface area contributed by atoms with Gasteiger partial charge in [-0.25, -0.2) is 10.8 Å². The van der Waals surface area contributed by atoms with Crippen molar-refractivity contribution in [2.24, 2.45) is 5.84 Å². The molecule has 0 bridgehead atoms. The molecule has 1 unspecified atom stereocenters. The molecule has 88 valence electrons. The Bertz CT molecular complexity index is 329. The van der Waals surface area contributed by atoms with Crippen LogP contribution in [-0.2, 0) is 10.5 Å². The standard InChI is InChI=1S/C11H17N3OS/c12-14-11-9(3-1-5-13-11)7-16-8-10-4-2-6-15-10/h1,3,5,10H,2,4,6-8,12H2,(H,13,14). The normalized spacial score (nSPS) is 19.9. The van der Waals surface area contributed by atoms with Gasteiger partial charge in [-0.15, -0.1) is 0 Å². The van der Waals surface area contributed by atoms with Gasteiger partial charge in [0.15, 0.2) is 0 Å². The summed E-state index contributed by atoms with van der Waals surface area (Å²) < 4.78 is 5.57. The first-order valence-electron chi connectivity index (χ1n) is 5.50. The predicted octanol–water partition coefficient (Wildman–Crippen LogP) is 1.78. The summed E-state index contributed by atoms with van der Waals surface area (Å²) in [6.07, 6.45) is 4.58. The molecule has 1 aliphatic heterocycles. The molecule has 16 heavy (non-hydrogen) atoms. The fraction of sp³-hybridized carbons (Fsp3) is 0.545. The lowest BCUT2D eigenvalue weighted by Crippen LogP contribution is -2.11. The van der Waals surface area contributed by atoms with Crippen LogP contribution >= 0.6 is 11.8 Å². The SMILES string of the molecule is NNc1ncccc1CSCC1CCCO1. The van der Waals surface area contributed by atoms with Crippen molar-refractivity contribution in [1.82, 2.24) is 4.98 Å². The van der Waals surface area contributed by atoms with Gasteiger partial charge in [-0.2, -0.15) is 11.8 Å².